The van der Waals surface area contributed by atoms with Crippen molar-refractivity contribution in [2.24, 2.45) is 0 Å². The molecule has 0 atom stereocenters. The molecule has 0 aliphatic rings. The molecule has 12 heteroatoms. The lowest BCUT2D eigenvalue weighted by Crippen LogP contribution is -2.15. The predicted molar refractivity (Wildman–Crippen MR) is 92.1 cm³/mol. The van der Waals surface area contributed by atoms with Crippen LogP contribution in [0.1, 0.15) is 10.6 Å². The second kappa shape index (κ2) is 6.51. The van der Waals surface area contributed by atoms with E-state index in [9.17, 15) is 4.79 Å². The van der Waals surface area contributed by atoms with Gasteiger partial charge in [0.15, 0.2) is 0 Å². The van der Waals surface area contributed by atoms with Crippen molar-refractivity contribution >= 4 is 17.6 Å². The van der Waals surface area contributed by atoms with E-state index in [0.29, 0.717) is 23.0 Å². The first kappa shape index (κ1) is 16.1. The largest absolute Gasteiger partial charge is 0.385 e. The molecule has 0 saturated heterocycles. The van der Waals surface area contributed by atoms with Crippen LogP contribution >= 0.6 is 0 Å². The van der Waals surface area contributed by atoms with E-state index >= 15 is 0 Å². The van der Waals surface area contributed by atoms with Crippen LogP contribution in [-0.2, 0) is 0 Å². The van der Waals surface area contributed by atoms with Crippen molar-refractivity contribution in [1.82, 2.24) is 39.5 Å². The number of ether oxygens (including phenoxy) is 1. The molecule has 0 amide bonds. The lowest BCUT2D eigenvalue weighted by molar-refractivity contribution is 0.0706. The fourth-order valence-corrected chi connectivity index (χ4v) is 2.19. The number of carbonyl (C=O) groups excluding carboxylic acids is 1. The van der Waals surface area contributed by atoms with Crippen molar-refractivity contribution in [1.29, 1.82) is 0 Å². The van der Waals surface area contributed by atoms with E-state index in [1.807, 2.05) is 0 Å². The Morgan fingerprint density at radius 1 is 0.815 bits per heavy atom. The molecule has 0 radical (unpaired) electrons. The van der Waals surface area contributed by atoms with Gasteiger partial charge in [-0.1, -0.05) is 0 Å². The normalized spacial score (nSPS) is 10.7. The van der Waals surface area contributed by atoms with Crippen LogP contribution in [-0.4, -0.2) is 45.5 Å². The Labute approximate surface area is 151 Å². The lowest BCUT2D eigenvalue weighted by atomic mass is 10.5. The third-order valence-electron chi connectivity index (χ3n) is 3.45. The number of anilines is 2. The molecule has 0 aromatic carbocycles. The minimum Gasteiger partial charge on any atom is -0.385 e. The number of carbonyl (C=O) groups is 1. The summed E-state index contributed by atoms with van der Waals surface area (Å²) in [5.74, 6) is -0.121. The van der Waals surface area contributed by atoms with Gasteiger partial charge in [-0.2, -0.15) is 10.2 Å². The van der Waals surface area contributed by atoms with Crippen molar-refractivity contribution in [3.05, 3.63) is 55.1 Å². The summed E-state index contributed by atoms with van der Waals surface area (Å²) in [7, 11) is 0. The Hall–Kier alpha value is -4.35. The van der Waals surface area contributed by atoms with Gasteiger partial charge in [0.05, 0.1) is 37.2 Å². The Morgan fingerprint density at radius 2 is 1.30 bits per heavy atom. The summed E-state index contributed by atoms with van der Waals surface area (Å²) in [6.07, 6.45) is 8.72. The van der Waals surface area contributed by atoms with Crippen LogP contribution in [0.4, 0.5) is 11.6 Å². The van der Waals surface area contributed by atoms with Crippen molar-refractivity contribution in [3.63, 3.8) is 0 Å². The van der Waals surface area contributed by atoms with Crippen molar-refractivity contribution in [2.75, 3.05) is 11.5 Å². The zero-order chi connectivity index (χ0) is 18.8. The van der Waals surface area contributed by atoms with Crippen molar-refractivity contribution in [2.45, 2.75) is 0 Å². The zero-order valence-corrected chi connectivity index (χ0v) is 13.7. The Balaban J connectivity index is 1.47. The molecule has 4 aromatic heterocycles. The monoisotopic (exact) mass is 364 g/mol. The van der Waals surface area contributed by atoms with Gasteiger partial charge < -0.3 is 16.2 Å². The number of hydrogen-bond acceptors (Lipinski definition) is 10. The molecule has 0 aliphatic heterocycles. The highest BCUT2D eigenvalue weighted by Gasteiger charge is 2.15. The second-order valence-electron chi connectivity index (χ2n) is 5.21. The molecule has 27 heavy (non-hydrogen) atoms. The second-order valence-corrected chi connectivity index (χ2v) is 5.21. The summed E-state index contributed by atoms with van der Waals surface area (Å²) in [4.78, 5) is 28.0. The smallest absolute Gasteiger partial charge is 0.384 e. The molecule has 4 rings (SSSR count). The summed E-state index contributed by atoms with van der Waals surface area (Å²) < 4.78 is 7.93. The van der Waals surface area contributed by atoms with E-state index in [1.165, 1.54) is 40.3 Å². The van der Waals surface area contributed by atoms with Gasteiger partial charge in [0.1, 0.15) is 23.0 Å². The van der Waals surface area contributed by atoms with Crippen LogP contribution in [0.5, 0.6) is 6.01 Å². The average molecular weight is 364 g/mol. The molecule has 134 valence electrons. The molecule has 4 heterocycles. The zero-order valence-electron chi connectivity index (χ0n) is 13.7. The van der Waals surface area contributed by atoms with Gasteiger partial charge in [0.2, 0.25) is 5.82 Å². The number of nitrogens with two attached hydrogens (primary N) is 2. The standard InChI is InChI=1S/C15H12N10O2/c16-11-1-3-22-24(11)9-5-18-13(19-6-9)14(26)27-15-20-7-10(8-21-15)25-12(17)2-4-23-25/h1-8H,16-17H2. The summed E-state index contributed by atoms with van der Waals surface area (Å²) >= 11 is 0. The number of hydrogen-bond donors (Lipinski definition) is 2. The Kier molecular flexibility index (Phi) is 3.89. The SMILES string of the molecule is Nc1ccnn1-c1cnc(OC(=O)c2ncc(-n3nccc3N)cn2)nc1. The molecular formula is C15H12N10O2. The molecule has 12 nitrogen and oxygen atoms in total. The van der Waals surface area contributed by atoms with Crippen LogP contribution in [0.25, 0.3) is 11.4 Å². The highest BCUT2D eigenvalue weighted by Crippen LogP contribution is 2.13. The molecule has 4 aromatic rings. The van der Waals surface area contributed by atoms with Crippen LogP contribution in [0.2, 0.25) is 0 Å². The van der Waals surface area contributed by atoms with Gasteiger partial charge in [-0.25, -0.2) is 34.1 Å². The third-order valence-corrected chi connectivity index (χ3v) is 3.45. The highest BCUT2D eigenvalue weighted by molar-refractivity contribution is 5.86. The van der Waals surface area contributed by atoms with Crippen molar-refractivity contribution < 1.29 is 9.53 Å². The molecular weight excluding hydrogens is 352 g/mol. The minimum atomic E-state index is -0.804. The number of nitrogens with zero attached hydrogens (tertiary/aromatic N) is 8. The fraction of sp³-hybridized carbons (Fsp3) is 0. The van der Waals surface area contributed by atoms with Gasteiger partial charge in [0, 0.05) is 12.1 Å². The van der Waals surface area contributed by atoms with E-state index in [-0.39, 0.29) is 11.8 Å². The molecule has 0 saturated carbocycles. The van der Waals surface area contributed by atoms with Gasteiger partial charge in [-0.05, 0) is 0 Å². The van der Waals surface area contributed by atoms with Crippen LogP contribution in [0, 0.1) is 0 Å². The maximum atomic E-state index is 12.1. The lowest BCUT2D eigenvalue weighted by Gasteiger charge is -2.05. The van der Waals surface area contributed by atoms with Crippen molar-refractivity contribution in [3.8, 4) is 17.4 Å². The molecule has 0 aliphatic carbocycles. The molecule has 0 fully saturated rings. The number of nitrogen functional groups attached to an aromatic ring is 2. The molecule has 0 unspecified atom stereocenters. The molecule has 0 spiro atoms. The maximum absolute atomic E-state index is 12.1. The summed E-state index contributed by atoms with van der Waals surface area (Å²) in [5, 5.41) is 8.05. The van der Waals surface area contributed by atoms with Gasteiger partial charge in [0.25, 0.3) is 0 Å². The number of esters is 1. The first-order valence-electron chi connectivity index (χ1n) is 7.58. The predicted octanol–water partition coefficient (Wildman–Crippen LogP) is 0.0216. The van der Waals surface area contributed by atoms with Gasteiger partial charge in [-0.3, -0.25) is 0 Å². The quantitative estimate of drug-likeness (QED) is 0.471. The average Bonchev–Trinajstić information content (AvgIpc) is 3.31. The summed E-state index contributed by atoms with van der Waals surface area (Å²) in [5.41, 5.74) is 12.5. The first-order valence-corrected chi connectivity index (χ1v) is 7.58. The highest BCUT2D eigenvalue weighted by atomic mass is 16.5. The van der Waals surface area contributed by atoms with Crippen LogP contribution in [0.15, 0.2) is 49.3 Å². The third kappa shape index (κ3) is 3.13. The van der Waals surface area contributed by atoms with E-state index in [1.54, 1.807) is 18.3 Å². The summed E-state index contributed by atoms with van der Waals surface area (Å²) in [6.45, 7) is 0. The maximum Gasteiger partial charge on any atom is 0.384 e. The Bertz CT molecular complexity index is 1080. The van der Waals surface area contributed by atoms with Crippen LogP contribution in [0.3, 0.4) is 0 Å². The van der Waals surface area contributed by atoms with E-state index < -0.39 is 5.97 Å². The summed E-state index contributed by atoms with van der Waals surface area (Å²) in [6, 6.07) is 3.10. The number of aromatic nitrogens is 8. The van der Waals surface area contributed by atoms with E-state index in [0.717, 1.165) is 0 Å². The van der Waals surface area contributed by atoms with Gasteiger partial charge >= 0.3 is 12.0 Å². The fourth-order valence-electron chi connectivity index (χ4n) is 2.19. The van der Waals surface area contributed by atoms with E-state index in [2.05, 4.69) is 30.1 Å². The van der Waals surface area contributed by atoms with E-state index in [4.69, 9.17) is 16.2 Å². The Morgan fingerprint density at radius 3 is 1.74 bits per heavy atom. The first-order chi connectivity index (χ1) is 13.1. The number of rotatable bonds is 4. The molecule has 4 N–H and O–H groups in total. The molecule has 0 bridgehead atoms. The minimum absolute atomic E-state index is 0.154. The van der Waals surface area contributed by atoms with Crippen LogP contribution < -0.4 is 16.2 Å². The van der Waals surface area contributed by atoms with Gasteiger partial charge in [-0.15, -0.1) is 0 Å². The topological polar surface area (TPSA) is 166 Å².